The number of amides is 1. The Bertz CT molecular complexity index is 1430. The van der Waals surface area contributed by atoms with Crippen molar-refractivity contribution in [2.24, 2.45) is 0 Å². The van der Waals surface area contributed by atoms with Gasteiger partial charge in [-0.3, -0.25) is 9.32 Å². The average Bonchev–Trinajstić information content (AvgIpc) is 3.33. The Kier molecular flexibility index (Phi) is 7.81. The van der Waals surface area contributed by atoms with Crippen LogP contribution in [-0.2, 0) is 9.09 Å². The number of benzene rings is 1. The molecule has 0 saturated heterocycles. The zero-order valence-electron chi connectivity index (χ0n) is 21.2. The normalized spacial score (nSPS) is 18.2. The Morgan fingerprint density at radius 3 is 2.46 bits per heavy atom. The van der Waals surface area contributed by atoms with Crippen LogP contribution < -0.4 is 19.5 Å². The third-order valence-electron chi connectivity index (χ3n) is 6.04. The van der Waals surface area contributed by atoms with Crippen LogP contribution in [0.5, 0.6) is 17.2 Å². The Labute approximate surface area is 220 Å². The first-order chi connectivity index (χ1) is 18.2. The molecule has 0 bridgehead atoms. The first kappa shape index (κ1) is 28.6. The van der Waals surface area contributed by atoms with Gasteiger partial charge in [0.25, 0.3) is 5.91 Å². The molecule has 1 fully saturated rings. The third kappa shape index (κ3) is 6.61. The molecule has 39 heavy (non-hydrogen) atoms. The number of nitrogens with zero attached hydrogens (tertiary/aromatic N) is 3. The maximum atomic E-state index is 13.3. The van der Waals surface area contributed by atoms with Crippen LogP contribution in [0.15, 0.2) is 30.6 Å². The summed E-state index contributed by atoms with van der Waals surface area (Å²) in [6.07, 6.45) is 0.827. The number of phosphoric ester groups is 1. The highest BCUT2D eigenvalue weighted by Gasteiger charge is 2.40. The van der Waals surface area contributed by atoms with Crippen molar-refractivity contribution in [3.8, 4) is 28.5 Å². The van der Waals surface area contributed by atoms with Crippen LogP contribution in [-0.4, -0.2) is 67.9 Å². The predicted octanol–water partition coefficient (Wildman–Crippen LogP) is 3.50. The van der Waals surface area contributed by atoms with Crippen molar-refractivity contribution in [1.29, 1.82) is 0 Å². The number of ether oxygens (including phenoxy) is 3. The number of imidazole rings is 1. The van der Waals surface area contributed by atoms with E-state index in [1.165, 1.54) is 56.1 Å². The predicted molar refractivity (Wildman–Crippen MR) is 130 cm³/mol. The molecule has 1 aliphatic rings. The fourth-order valence-electron chi connectivity index (χ4n) is 3.71. The highest BCUT2D eigenvalue weighted by atomic mass is 31.2. The smallest absolute Gasteiger partial charge is 0.470 e. The molecule has 4 rings (SSSR count). The number of methoxy groups -OCH3 is 1. The van der Waals surface area contributed by atoms with E-state index >= 15 is 0 Å². The maximum Gasteiger partial charge on any atom is 0.470 e. The van der Waals surface area contributed by atoms with E-state index in [-0.39, 0.29) is 34.7 Å². The summed E-state index contributed by atoms with van der Waals surface area (Å²) in [6.45, 7) is 1.20. The molecule has 1 saturated carbocycles. The highest BCUT2D eigenvalue weighted by molar-refractivity contribution is 7.46. The molecular weight excluding hydrogens is 548 g/mol. The van der Waals surface area contributed by atoms with Gasteiger partial charge in [0.05, 0.1) is 31.2 Å². The van der Waals surface area contributed by atoms with Crippen LogP contribution in [0.2, 0.25) is 0 Å². The second-order valence-electron chi connectivity index (χ2n) is 9.31. The number of alkyl halides is 3. The number of halogens is 3. The van der Waals surface area contributed by atoms with E-state index in [1.807, 2.05) is 0 Å². The number of rotatable bonds is 11. The molecule has 3 N–H and O–H groups in total. The van der Waals surface area contributed by atoms with E-state index < -0.39 is 50.0 Å². The van der Waals surface area contributed by atoms with Gasteiger partial charge >= 0.3 is 14.4 Å². The molecule has 1 aliphatic carbocycles. The molecule has 1 amide bonds. The molecule has 3 aromatic rings. The van der Waals surface area contributed by atoms with Crippen molar-refractivity contribution in [2.45, 2.75) is 57.7 Å². The summed E-state index contributed by atoms with van der Waals surface area (Å²) in [4.78, 5) is 35.3. The summed E-state index contributed by atoms with van der Waals surface area (Å²) < 4.78 is 72.9. The van der Waals surface area contributed by atoms with Gasteiger partial charge in [0.1, 0.15) is 40.7 Å². The fraction of sp³-hybridized carbons (Fsp3) is 0.435. The number of nitrogens with one attached hydrogen (secondary N) is 1. The van der Waals surface area contributed by atoms with Crippen molar-refractivity contribution in [3.63, 3.8) is 0 Å². The van der Waals surface area contributed by atoms with E-state index in [4.69, 9.17) is 23.8 Å². The van der Waals surface area contributed by atoms with Crippen LogP contribution in [0.25, 0.3) is 16.9 Å². The second-order valence-corrected chi connectivity index (χ2v) is 10.5. The molecule has 0 spiro atoms. The van der Waals surface area contributed by atoms with Crippen molar-refractivity contribution in [1.82, 2.24) is 19.9 Å². The number of aromatic nitrogens is 3. The summed E-state index contributed by atoms with van der Waals surface area (Å²) in [5.41, 5.74) is -0.796. The van der Waals surface area contributed by atoms with Gasteiger partial charge in [0.15, 0.2) is 5.65 Å². The maximum absolute atomic E-state index is 13.3. The molecule has 0 unspecified atom stereocenters. The number of phosphoric acid groups is 1. The lowest BCUT2D eigenvalue weighted by Gasteiger charge is -2.31. The molecule has 0 radical (unpaired) electrons. The van der Waals surface area contributed by atoms with Crippen molar-refractivity contribution >= 4 is 19.4 Å². The Morgan fingerprint density at radius 1 is 1.21 bits per heavy atom. The van der Waals surface area contributed by atoms with Gasteiger partial charge in [-0.1, -0.05) is 0 Å². The monoisotopic (exact) mass is 574 g/mol. The standard InChI is InChI=1S/C23H26F3N4O8P/c1-11(23(2,3)38-39(32,33)34)36-13-7-19-27-10-16(30(19)28-9-13)12-5-17(35-4)20(18(6-12)37-22(25)26)21(31)29-15-8-14(15)24/h5-7,9-11,14-15,22H,8H2,1-4H3,(H,29,31)(H2,32,33,34)/t11-,14-,15+/m0/s1. The minimum atomic E-state index is -4.77. The molecular formula is C23H26F3N4O8P. The lowest BCUT2D eigenvalue weighted by Crippen LogP contribution is -2.40. The molecule has 12 nitrogen and oxygen atoms in total. The minimum absolute atomic E-state index is 0.0901. The van der Waals surface area contributed by atoms with Gasteiger partial charge in [-0.25, -0.2) is 18.5 Å². The minimum Gasteiger partial charge on any atom is -0.496 e. The van der Waals surface area contributed by atoms with Crippen LogP contribution in [0.4, 0.5) is 13.2 Å². The zero-order chi connectivity index (χ0) is 28.7. The van der Waals surface area contributed by atoms with E-state index in [2.05, 4.69) is 20.1 Å². The number of carbonyl (C=O) groups excluding carboxylic acids is 1. The van der Waals surface area contributed by atoms with Crippen LogP contribution in [0.3, 0.4) is 0 Å². The molecule has 0 aliphatic heterocycles. The van der Waals surface area contributed by atoms with Gasteiger partial charge in [-0.15, -0.1) is 0 Å². The fourth-order valence-corrected chi connectivity index (χ4v) is 4.47. The van der Waals surface area contributed by atoms with Gasteiger partial charge in [-0.2, -0.15) is 13.9 Å². The SMILES string of the molecule is COc1cc(-c2cnc3cc(O[C@@H](C)C(C)(C)OP(=O)(O)O)cnn23)cc(OC(F)F)c1C(=O)N[C@@H]1C[C@@H]1F. The Hall–Kier alpha value is -3.39. The van der Waals surface area contributed by atoms with E-state index in [1.54, 1.807) is 6.92 Å². The number of hydrogen-bond acceptors (Lipinski definition) is 8. The van der Waals surface area contributed by atoms with Gasteiger partial charge in [0.2, 0.25) is 0 Å². The summed E-state index contributed by atoms with van der Waals surface area (Å²) in [5, 5.41) is 6.69. The Morgan fingerprint density at radius 2 is 1.87 bits per heavy atom. The quantitative estimate of drug-likeness (QED) is 0.290. The first-order valence-electron chi connectivity index (χ1n) is 11.6. The summed E-state index contributed by atoms with van der Waals surface area (Å²) in [6, 6.07) is 3.40. The number of carbonyl (C=O) groups is 1. The van der Waals surface area contributed by atoms with Crippen LogP contribution in [0, 0.1) is 0 Å². The molecule has 1 aromatic carbocycles. The number of hydrogen-bond donors (Lipinski definition) is 3. The molecule has 3 atom stereocenters. The second kappa shape index (κ2) is 10.6. The summed E-state index contributed by atoms with van der Waals surface area (Å²) in [7, 11) is -3.53. The van der Waals surface area contributed by atoms with Crippen molar-refractivity contribution in [3.05, 3.63) is 36.2 Å². The molecule has 2 aromatic heterocycles. The third-order valence-corrected chi connectivity index (χ3v) is 6.74. The van der Waals surface area contributed by atoms with Gasteiger partial charge < -0.3 is 29.3 Å². The molecule has 212 valence electrons. The lowest BCUT2D eigenvalue weighted by atomic mass is 10.0. The summed E-state index contributed by atoms with van der Waals surface area (Å²) >= 11 is 0. The first-order valence-corrected chi connectivity index (χ1v) is 13.1. The van der Waals surface area contributed by atoms with Crippen molar-refractivity contribution < 1.29 is 51.1 Å². The summed E-state index contributed by atoms with van der Waals surface area (Å²) in [5.74, 6) is -1.18. The van der Waals surface area contributed by atoms with Gasteiger partial charge in [-0.05, 0) is 32.9 Å². The van der Waals surface area contributed by atoms with E-state index in [0.29, 0.717) is 5.69 Å². The van der Waals surface area contributed by atoms with E-state index in [9.17, 15) is 22.5 Å². The largest absolute Gasteiger partial charge is 0.496 e. The highest BCUT2D eigenvalue weighted by Crippen LogP contribution is 2.43. The topological polar surface area (TPSA) is 154 Å². The zero-order valence-corrected chi connectivity index (χ0v) is 22.1. The van der Waals surface area contributed by atoms with Crippen LogP contribution in [0.1, 0.15) is 37.6 Å². The molecule has 2 heterocycles. The van der Waals surface area contributed by atoms with Crippen molar-refractivity contribution in [2.75, 3.05) is 7.11 Å². The van der Waals surface area contributed by atoms with Gasteiger partial charge in [0, 0.05) is 18.1 Å². The molecule has 16 heteroatoms. The Balaban J connectivity index is 1.66. The van der Waals surface area contributed by atoms with Crippen LogP contribution >= 0.6 is 7.82 Å². The lowest BCUT2D eigenvalue weighted by molar-refractivity contribution is -0.0502. The van der Waals surface area contributed by atoms with E-state index in [0.717, 1.165) is 0 Å². The number of fused-ring (bicyclic) bond motifs is 1. The average molecular weight is 574 g/mol.